The maximum Gasteiger partial charge on any atom is 0.160 e. The lowest BCUT2D eigenvalue weighted by Gasteiger charge is -2.36. The van der Waals surface area contributed by atoms with E-state index < -0.39 is 18.5 Å². The van der Waals surface area contributed by atoms with Crippen molar-refractivity contribution in [2.24, 2.45) is 23.7 Å². The number of unbranched alkanes of at least 4 members (excludes halogenated alkanes) is 4. The van der Waals surface area contributed by atoms with Crippen LogP contribution in [0, 0.1) is 23.7 Å². The zero-order valence-electron chi connectivity index (χ0n) is 33.4. The highest BCUT2D eigenvalue weighted by atomic mass is 19.1. The molecule has 6 fully saturated rings. The van der Waals surface area contributed by atoms with Gasteiger partial charge in [0.2, 0.25) is 0 Å². The molecular formula is C42H75F3O8. The van der Waals surface area contributed by atoms with Gasteiger partial charge < -0.3 is 37.9 Å². The zero-order valence-corrected chi connectivity index (χ0v) is 33.4. The summed E-state index contributed by atoms with van der Waals surface area (Å²) in [6, 6.07) is 0. The summed E-state index contributed by atoms with van der Waals surface area (Å²) in [4.78, 5) is 0. The Hall–Kier alpha value is -0.530. The highest BCUT2D eigenvalue weighted by Crippen LogP contribution is 2.34. The van der Waals surface area contributed by atoms with E-state index in [4.69, 9.17) is 37.9 Å². The Kier molecular flexibility index (Phi) is 22.5. The van der Waals surface area contributed by atoms with E-state index in [-0.39, 0.29) is 31.1 Å². The molecule has 6 aliphatic rings. The predicted molar refractivity (Wildman–Crippen MR) is 200 cm³/mol. The van der Waals surface area contributed by atoms with Gasteiger partial charge in [0.1, 0.15) is 30.7 Å². The molecule has 0 amide bonds. The van der Waals surface area contributed by atoms with Gasteiger partial charge in [0.25, 0.3) is 0 Å². The van der Waals surface area contributed by atoms with Crippen LogP contribution in [-0.2, 0) is 37.9 Å². The molecule has 53 heavy (non-hydrogen) atoms. The maximum atomic E-state index is 13.1. The van der Waals surface area contributed by atoms with Crippen molar-refractivity contribution in [3.8, 4) is 0 Å². The smallest absolute Gasteiger partial charge is 0.160 e. The molecule has 0 unspecified atom stereocenters. The van der Waals surface area contributed by atoms with Gasteiger partial charge in [-0.25, -0.2) is 13.2 Å². The molecule has 3 saturated carbocycles. The van der Waals surface area contributed by atoms with Crippen molar-refractivity contribution in [3.05, 3.63) is 0 Å². The van der Waals surface area contributed by atoms with Crippen molar-refractivity contribution < 1.29 is 51.1 Å². The molecule has 11 heteroatoms. The van der Waals surface area contributed by atoms with Crippen LogP contribution in [0.3, 0.4) is 0 Å². The second-order valence-electron chi connectivity index (χ2n) is 16.3. The van der Waals surface area contributed by atoms with Crippen molar-refractivity contribution in [2.45, 2.75) is 192 Å². The molecule has 0 atom stereocenters. The van der Waals surface area contributed by atoms with Crippen molar-refractivity contribution in [1.29, 1.82) is 0 Å². The third-order valence-electron chi connectivity index (χ3n) is 11.7. The number of alkyl halides is 3. The fraction of sp³-hybridized carbons (Fsp3) is 1.00. The molecule has 0 bridgehead atoms. The van der Waals surface area contributed by atoms with Crippen LogP contribution in [0.25, 0.3) is 0 Å². The first-order chi connectivity index (χ1) is 25.9. The van der Waals surface area contributed by atoms with Crippen LogP contribution >= 0.6 is 0 Å². The first-order valence-electron chi connectivity index (χ1n) is 21.7. The largest absolute Gasteiger partial charge is 0.374 e. The van der Waals surface area contributed by atoms with Crippen molar-refractivity contribution in [1.82, 2.24) is 0 Å². The Morgan fingerprint density at radius 2 is 0.811 bits per heavy atom. The molecule has 0 N–H and O–H groups in total. The summed E-state index contributed by atoms with van der Waals surface area (Å²) in [5.41, 5.74) is 0. The summed E-state index contributed by atoms with van der Waals surface area (Å²) in [6.45, 7) is 11.9. The average molecular weight is 765 g/mol. The van der Waals surface area contributed by atoms with Gasteiger partial charge >= 0.3 is 0 Å². The highest BCUT2D eigenvalue weighted by molar-refractivity contribution is 4.79. The Labute approximate surface area is 319 Å². The van der Waals surface area contributed by atoms with Crippen molar-refractivity contribution >= 4 is 0 Å². The van der Waals surface area contributed by atoms with Crippen LogP contribution in [0.5, 0.6) is 0 Å². The Morgan fingerprint density at radius 3 is 1.19 bits per heavy atom. The molecular weight excluding hydrogens is 689 g/mol. The van der Waals surface area contributed by atoms with Crippen molar-refractivity contribution in [3.63, 3.8) is 0 Å². The van der Waals surface area contributed by atoms with Crippen molar-refractivity contribution in [2.75, 3.05) is 52.9 Å². The van der Waals surface area contributed by atoms with Gasteiger partial charge in [-0.1, -0.05) is 46.0 Å². The fourth-order valence-electron chi connectivity index (χ4n) is 8.34. The molecule has 3 aliphatic carbocycles. The normalized spacial score (nSPS) is 38.2. The Balaban J connectivity index is 0.000000179. The summed E-state index contributed by atoms with van der Waals surface area (Å²) in [5, 5.41) is 0. The van der Waals surface area contributed by atoms with Crippen LogP contribution in [0.2, 0.25) is 0 Å². The van der Waals surface area contributed by atoms with Gasteiger partial charge in [0.05, 0.1) is 39.6 Å². The lowest BCUT2D eigenvalue weighted by Crippen LogP contribution is -2.42. The third-order valence-corrected chi connectivity index (χ3v) is 11.7. The number of hydrogen-bond acceptors (Lipinski definition) is 8. The topological polar surface area (TPSA) is 73.8 Å². The highest BCUT2D eigenvalue weighted by Gasteiger charge is 2.35. The van der Waals surface area contributed by atoms with Crippen LogP contribution in [0.15, 0.2) is 0 Å². The van der Waals surface area contributed by atoms with E-state index in [1.54, 1.807) is 0 Å². The van der Waals surface area contributed by atoms with E-state index in [9.17, 15) is 13.2 Å². The van der Waals surface area contributed by atoms with E-state index in [0.717, 1.165) is 64.8 Å². The minimum Gasteiger partial charge on any atom is -0.374 e. The van der Waals surface area contributed by atoms with Gasteiger partial charge in [-0.05, 0) is 96.8 Å². The quantitative estimate of drug-likeness (QED) is 0.162. The number of halogens is 3. The Morgan fingerprint density at radius 1 is 0.434 bits per heavy atom. The predicted octanol–water partition coefficient (Wildman–Crippen LogP) is 9.84. The average Bonchev–Trinajstić information content (AvgIpc) is 3.19. The fourth-order valence-corrected chi connectivity index (χ4v) is 8.34. The maximum absolute atomic E-state index is 13.1. The molecule has 8 nitrogen and oxygen atoms in total. The van der Waals surface area contributed by atoms with Crippen LogP contribution in [0.4, 0.5) is 13.2 Å². The minimum atomic E-state index is -0.615. The molecule has 0 aromatic rings. The second-order valence-corrected chi connectivity index (χ2v) is 16.3. The monoisotopic (exact) mass is 765 g/mol. The second kappa shape index (κ2) is 26.4. The van der Waals surface area contributed by atoms with E-state index in [1.165, 1.54) is 38.5 Å². The lowest BCUT2D eigenvalue weighted by atomic mass is 9.87. The van der Waals surface area contributed by atoms with Gasteiger partial charge in [-0.2, -0.15) is 0 Å². The summed E-state index contributed by atoms with van der Waals surface area (Å²) in [5.74, 6) is 1.74. The molecule has 0 radical (unpaired) electrons. The summed E-state index contributed by atoms with van der Waals surface area (Å²) in [6.07, 6.45) is 16.3. The molecule has 312 valence electrons. The van der Waals surface area contributed by atoms with Gasteiger partial charge in [-0.15, -0.1) is 0 Å². The number of ether oxygens (including phenoxy) is 8. The molecule has 3 saturated heterocycles. The van der Waals surface area contributed by atoms with E-state index in [0.29, 0.717) is 95.2 Å². The van der Waals surface area contributed by atoms with Crippen LogP contribution < -0.4 is 0 Å². The Bertz CT molecular complexity index is 874. The standard InChI is InChI=1S/C17H31FO2.C13H23FO3.C12H21FO3/c1-2-3-4-5-6-7-14-12-19-17(20-13-14)15-8-10-16(18)11-9-15;1-2-7-15-12-8-16-13(17-9-12)10-3-5-11(14)6-4-10;1-2-14-11-7-15-12(16-8-11)9-3-5-10(13)6-4-9/h14-17H,2-13H2,1H3;10-13H,2-9H2,1H3;9-12H,2-8H2,1H3. The lowest BCUT2D eigenvalue weighted by molar-refractivity contribution is -0.249. The molecule has 6 rings (SSSR count). The minimum absolute atomic E-state index is 0.0566. The van der Waals surface area contributed by atoms with Crippen LogP contribution in [-0.4, -0.2) is 102 Å². The SMILES string of the molecule is CCCCCCCC1COC(C2CCC(F)CC2)OC1.CCCOC1COC(C2CCC(F)CC2)OC1.CCOC1COC(C2CCC(F)CC2)OC1. The van der Waals surface area contributed by atoms with Gasteiger partial charge in [0.15, 0.2) is 18.9 Å². The number of hydrogen-bond donors (Lipinski definition) is 0. The molecule has 0 spiro atoms. The summed E-state index contributed by atoms with van der Waals surface area (Å²) in [7, 11) is 0. The van der Waals surface area contributed by atoms with Gasteiger partial charge in [0, 0.05) is 36.9 Å². The third kappa shape index (κ3) is 17.2. The van der Waals surface area contributed by atoms with E-state index >= 15 is 0 Å². The zero-order chi connectivity index (χ0) is 37.7. The summed E-state index contributed by atoms with van der Waals surface area (Å²) < 4.78 is 84.6. The molecule has 3 heterocycles. The van der Waals surface area contributed by atoms with E-state index in [1.807, 2.05) is 6.92 Å². The molecule has 3 aliphatic heterocycles. The molecule has 0 aromatic heterocycles. The van der Waals surface area contributed by atoms with Gasteiger partial charge in [-0.3, -0.25) is 0 Å². The molecule has 0 aromatic carbocycles. The number of rotatable bonds is 14. The van der Waals surface area contributed by atoms with E-state index in [2.05, 4.69) is 13.8 Å². The first kappa shape index (κ1) is 45.2. The van der Waals surface area contributed by atoms with Crippen LogP contribution in [0.1, 0.15) is 143 Å². The first-order valence-corrected chi connectivity index (χ1v) is 21.7. The summed E-state index contributed by atoms with van der Waals surface area (Å²) >= 11 is 0.